The normalized spacial score (nSPS) is 31.4. The Bertz CT molecular complexity index is 670. The maximum absolute atomic E-state index is 12.3. The molecule has 1 spiro atoms. The maximum Gasteiger partial charge on any atom is 0.257 e. The molecule has 3 aliphatic heterocycles. The van der Waals surface area contributed by atoms with E-state index in [1.54, 1.807) is 0 Å². The van der Waals surface area contributed by atoms with Gasteiger partial charge in [-0.2, -0.15) is 0 Å². The monoisotopic (exact) mass is 314 g/mol. The lowest BCUT2D eigenvalue weighted by Crippen LogP contribution is -2.43. The Hall–Kier alpha value is -1.72. The highest BCUT2D eigenvalue weighted by Gasteiger charge is 2.55. The van der Waals surface area contributed by atoms with Crippen molar-refractivity contribution in [2.45, 2.75) is 25.0 Å². The average Bonchev–Trinajstić information content (AvgIpc) is 3.14. The summed E-state index contributed by atoms with van der Waals surface area (Å²) in [7, 11) is 0. The second-order valence-electron chi connectivity index (χ2n) is 6.41. The van der Waals surface area contributed by atoms with Crippen molar-refractivity contribution in [3.05, 3.63) is 47.5 Å². The lowest BCUT2D eigenvalue weighted by Gasteiger charge is -2.23. The van der Waals surface area contributed by atoms with E-state index >= 15 is 0 Å². The molecule has 5 heteroatoms. The van der Waals surface area contributed by atoms with Crippen LogP contribution in [0.1, 0.15) is 22.3 Å². The van der Waals surface area contributed by atoms with E-state index in [2.05, 4.69) is 22.4 Å². The minimum absolute atomic E-state index is 0.152. The fraction of sp³-hybridized carbons (Fsp3) is 0.412. The Morgan fingerprint density at radius 1 is 1.41 bits per heavy atom. The molecule has 0 aromatic heterocycles. The zero-order valence-corrected chi connectivity index (χ0v) is 13.2. The van der Waals surface area contributed by atoms with Crippen LogP contribution in [0.2, 0.25) is 0 Å². The number of rotatable bonds is 1. The molecule has 0 saturated carbocycles. The molecule has 0 radical (unpaired) electrons. The lowest BCUT2D eigenvalue weighted by atomic mass is 9.86. The fourth-order valence-electron chi connectivity index (χ4n) is 3.65. The summed E-state index contributed by atoms with van der Waals surface area (Å²) in [4.78, 5) is 14.3. The molecule has 1 aromatic carbocycles. The largest absolute Gasteiger partial charge is 0.361 e. The van der Waals surface area contributed by atoms with Gasteiger partial charge in [-0.05, 0) is 37.7 Å². The lowest BCUT2D eigenvalue weighted by molar-refractivity contribution is 0.0283. The second-order valence-corrected chi connectivity index (χ2v) is 6.80. The summed E-state index contributed by atoms with van der Waals surface area (Å²) in [5.41, 5.74) is 1.58. The van der Waals surface area contributed by atoms with Gasteiger partial charge in [0, 0.05) is 18.0 Å². The highest BCUT2D eigenvalue weighted by atomic mass is 32.1. The predicted octanol–water partition coefficient (Wildman–Crippen LogP) is 2.04. The van der Waals surface area contributed by atoms with Crippen molar-refractivity contribution >= 4 is 23.2 Å². The smallest absolute Gasteiger partial charge is 0.257 e. The summed E-state index contributed by atoms with van der Waals surface area (Å²) in [5.74, 6) is 0.331. The highest BCUT2D eigenvalue weighted by Crippen LogP contribution is 2.47. The van der Waals surface area contributed by atoms with Crippen molar-refractivity contribution in [3.63, 3.8) is 0 Å². The Morgan fingerprint density at radius 3 is 2.86 bits per heavy atom. The molecule has 3 unspecified atom stereocenters. The molecule has 114 valence electrons. The number of aryl methyl sites for hydroxylation is 1. The van der Waals surface area contributed by atoms with Crippen molar-refractivity contribution < 1.29 is 9.53 Å². The minimum Gasteiger partial charge on any atom is -0.361 e. The zero-order chi connectivity index (χ0) is 15.3. The van der Waals surface area contributed by atoms with Crippen LogP contribution in [-0.2, 0) is 4.74 Å². The van der Waals surface area contributed by atoms with E-state index in [4.69, 9.17) is 17.0 Å². The molecule has 3 atom stereocenters. The molecular formula is C17H18N2O2S. The Kier molecular flexibility index (Phi) is 3.09. The zero-order valence-electron chi connectivity index (χ0n) is 12.4. The number of likely N-dealkylation sites (tertiary alicyclic amines) is 1. The van der Waals surface area contributed by atoms with Crippen molar-refractivity contribution in [3.8, 4) is 0 Å². The number of hydrogen-bond donors (Lipinski definition) is 1. The first-order valence-electron chi connectivity index (χ1n) is 7.60. The van der Waals surface area contributed by atoms with Crippen LogP contribution in [0.5, 0.6) is 0 Å². The first-order valence-corrected chi connectivity index (χ1v) is 8.01. The SMILES string of the molecule is Cc1ccc(C(=O)NC(=S)N2CC3CC4C=CC3(C2)O4)cc1. The molecule has 1 aromatic rings. The molecule has 22 heavy (non-hydrogen) atoms. The number of fused-ring (bicyclic) bond motifs is 1. The number of nitrogens with one attached hydrogen (secondary N) is 1. The number of hydrogen-bond acceptors (Lipinski definition) is 3. The molecule has 2 saturated heterocycles. The van der Waals surface area contributed by atoms with Gasteiger partial charge in [0.25, 0.3) is 5.91 Å². The number of nitrogens with zero attached hydrogens (tertiary/aromatic N) is 1. The first kappa shape index (κ1) is 13.9. The van der Waals surface area contributed by atoms with Crippen LogP contribution in [0.15, 0.2) is 36.4 Å². The molecule has 2 fully saturated rings. The average molecular weight is 314 g/mol. The molecule has 0 aliphatic carbocycles. The van der Waals surface area contributed by atoms with Gasteiger partial charge in [-0.3, -0.25) is 10.1 Å². The molecule has 4 nitrogen and oxygen atoms in total. The van der Waals surface area contributed by atoms with Gasteiger partial charge in [0.2, 0.25) is 0 Å². The van der Waals surface area contributed by atoms with Gasteiger partial charge in [-0.1, -0.05) is 29.8 Å². The minimum atomic E-state index is -0.177. The van der Waals surface area contributed by atoms with Crippen molar-refractivity contribution in [1.29, 1.82) is 0 Å². The number of carbonyl (C=O) groups is 1. The van der Waals surface area contributed by atoms with E-state index in [1.807, 2.05) is 31.2 Å². The number of carbonyl (C=O) groups excluding carboxylic acids is 1. The van der Waals surface area contributed by atoms with Crippen molar-refractivity contribution in [2.24, 2.45) is 5.92 Å². The van der Waals surface area contributed by atoms with E-state index in [1.165, 1.54) is 0 Å². The van der Waals surface area contributed by atoms with Crippen LogP contribution in [0.3, 0.4) is 0 Å². The van der Waals surface area contributed by atoms with E-state index in [0.717, 1.165) is 25.1 Å². The molecule has 2 bridgehead atoms. The summed E-state index contributed by atoms with van der Waals surface area (Å²) in [5, 5.41) is 3.34. The third-order valence-electron chi connectivity index (χ3n) is 4.87. The number of amides is 1. The van der Waals surface area contributed by atoms with Crippen LogP contribution in [0.4, 0.5) is 0 Å². The summed E-state index contributed by atoms with van der Waals surface area (Å²) in [6, 6.07) is 7.49. The molecule has 1 amide bonds. The second kappa shape index (κ2) is 4.89. The quantitative estimate of drug-likeness (QED) is 0.636. The standard InChI is InChI=1S/C17H18N2O2S/c1-11-2-4-12(5-3-11)15(20)18-16(22)19-9-13-8-14-6-7-17(13,10-19)21-14/h2-7,13-14H,8-10H2,1H3,(H,18,20,22). The summed E-state index contributed by atoms with van der Waals surface area (Å²) in [6.45, 7) is 3.59. The Morgan fingerprint density at radius 2 is 2.18 bits per heavy atom. The summed E-state index contributed by atoms with van der Waals surface area (Å²) < 4.78 is 6.04. The third-order valence-corrected chi connectivity index (χ3v) is 5.23. The van der Waals surface area contributed by atoms with Gasteiger partial charge in [0.05, 0.1) is 12.6 Å². The number of benzene rings is 1. The molecule has 1 N–H and O–H groups in total. The van der Waals surface area contributed by atoms with Crippen LogP contribution >= 0.6 is 12.2 Å². The van der Waals surface area contributed by atoms with Gasteiger partial charge >= 0.3 is 0 Å². The van der Waals surface area contributed by atoms with Gasteiger partial charge in [-0.15, -0.1) is 0 Å². The van der Waals surface area contributed by atoms with Crippen LogP contribution < -0.4 is 5.32 Å². The van der Waals surface area contributed by atoms with Gasteiger partial charge in [-0.25, -0.2) is 0 Å². The first-order chi connectivity index (χ1) is 10.6. The van der Waals surface area contributed by atoms with Gasteiger partial charge in [0.15, 0.2) is 5.11 Å². The van der Waals surface area contributed by atoms with E-state index in [0.29, 0.717) is 16.6 Å². The summed E-state index contributed by atoms with van der Waals surface area (Å²) in [6.07, 6.45) is 5.66. The molecule has 3 heterocycles. The van der Waals surface area contributed by atoms with E-state index in [-0.39, 0.29) is 17.6 Å². The highest BCUT2D eigenvalue weighted by molar-refractivity contribution is 7.80. The van der Waals surface area contributed by atoms with Gasteiger partial charge in [0.1, 0.15) is 5.60 Å². The number of thiocarbonyl (C=S) groups is 1. The molecule has 4 rings (SSSR count). The Balaban J connectivity index is 1.42. The topological polar surface area (TPSA) is 41.6 Å². The van der Waals surface area contributed by atoms with Crippen molar-refractivity contribution in [2.75, 3.05) is 13.1 Å². The van der Waals surface area contributed by atoms with E-state index < -0.39 is 0 Å². The predicted molar refractivity (Wildman–Crippen MR) is 87.7 cm³/mol. The van der Waals surface area contributed by atoms with Gasteiger partial charge < -0.3 is 9.64 Å². The summed E-state index contributed by atoms with van der Waals surface area (Å²) >= 11 is 5.42. The third kappa shape index (κ3) is 2.16. The van der Waals surface area contributed by atoms with Crippen LogP contribution in [0, 0.1) is 12.8 Å². The van der Waals surface area contributed by atoms with E-state index in [9.17, 15) is 4.79 Å². The molecule has 3 aliphatic rings. The van der Waals surface area contributed by atoms with Crippen LogP contribution in [-0.4, -0.2) is 40.7 Å². The van der Waals surface area contributed by atoms with Crippen molar-refractivity contribution in [1.82, 2.24) is 10.2 Å². The van der Waals surface area contributed by atoms with Crippen LogP contribution in [0.25, 0.3) is 0 Å². The fourth-order valence-corrected chi connectivity index (χ4v) is 3.89. The molecular weight excluding hydrogens is 296 g/mol. The number of ether oxygens (including phenoxy) is 1. The maximum atomic E-state index is 12.3. The Labute approximate surface area is 135 Å².